The topological polar surface area (TPSA) is 79.3 Å². The van der Waals surface area contributed by atoms with E-state index in [1.54, 1.807) is 19.2 Å². The van der Waals surface area contributed by atoms with Crippen molar-refractivity contribution in [3.8, 4) is 0 Å². The molecule has 0 radical (unpaired) electrons. The summed E-state index contributed by atoms with van der Waals surface area (Å²) in [5.74, 6) is -0.739. The SMILES string of the molecule is CC(=O)C(C)(CCc1ccc(Cl)cn1)[C@H]1NC[C@@H](CC(=O)O)C[C@@H]1c1cccc(Cl)c1. The molecule has 1 aliphatic heterocycles. The Morgan fingerprint density at radius 1 is 1.23 bits per heavy atom. The quantitative estimate of drug-likeness (QED) is 0.566. The smallest absolute Gasteiger partial charge is 0.303 e. The summed E-state index contributed by atoms with van der Waals surface area (Å²) in [6.45, 7) is 4.20. The number of Topliss-reactive ketones (excluding diaryl/α,β-unsaturated/α-hetero) is 1. The molecule has 2 heterocycles. The molecule has 2 N–H and O–H groups in total. The first-order valence-electron chi connectivity index (χ1n) is 10.5. The van der Waals surface area contributed by atoms with Crippen LogP contribution in [0.15, 0.2) is 42.6 Å². The number of carboxylic acid groups (broad SMARTS) is 1. The number of aliphatic carboxylic acids is 1. The zero-order chi connectivity index (χ0) is 22.6. The zero-order valence-electron chi connectivity index (χ0n) is 17.8. The predicted molar refractivity (Wildman–Crippen MR) is 123 cm³/mol. The number of aromatic nitrogens is 1. The number of carboxylic acids is 1. The Bertz CT molecular complexity index is 935. The van der Waals surface area contributed by atoms with Gasteiger partial charge >= 0.3 is 5.97 Å². The van der Waals surface area contributed by atoms with Crippen molar-refractivity contribution >= 4 is 35.0 Å². The number of hydrogen-bond acceptors (Lipinski definition) is 4. The van der Waals surface area contributed by atoms with Gasteiger partial charge in [-0.3, -0.25) is 14.6 Å². The highest BCUT2D eigenvalue weighted by Gasteiger charge is 2.46. The Morgan fingerprint density at radius 2 is 2.00 bits per heavy atom. The Balaban J connectivity index is 1.90. The predicted octanol–water partition coefficient (Wildman–Crippen LogP) is 5.15. The van der Waals surface area contributed by atoms with Gasteiger partial charge in [0.2, 0.25) is 0 Å². The molecule has 0 bridgehead atoms. The lowest BCUT2D eigenvalue weighted by Crippen LogP contribution is -2.56. The van der Waals surface area contributed by atoms with Gasteiger partial charge in [-0.1, -0.05) is 42.3 Å². The number of rotatable bonds is 8. The number of ketones is 1. The second-order valence-electron chi connectivity index (χ2n) is 8.69. The van der Waals surface area contributed by atoms with Gasteiger partial charge < -0.3 is 10.4 Å². The maximum Gasteiger partial charge on any atom is 0.303 e. The Kier molecular flexibility index (Phi) is 7.73. The number of carbonyl (C=O) groups is 2. The third-order valence-corrected chi connectivity index (χ3v) is 6.99. The van der Waals surface area contributed by atoms with E-state index in [0.717, 1.165) is 11.3 Å². The summed E-state index contributed by atoms with van der Waals surface area (Å²) in [6.07, 6.45) is 3.67. The number of halogens is 2. The van der Waals surface area contributed by atoms with Gasteiger partial charge in [-0.2, -0.15) is 0 Å². The van der Waals surface area contributed by atoms with Crippen LogP contribution < -0.4 is 5.32 Å². The molecule has 1 aliphatic rings. The van der Waals surface area contributed by atoms with Crippen molar-refractivity contribution in [2.75, 3.05) is 6.54 Å². The summed E-state index contributed by atoms with van der Waals surface area (Å²) in [6, 6.07) is 11.2. The van der Waals surface area contributed by atoms with E-state index in [0.29, 0.717) is 35.9 Å². The summed E-state index contributed by atoms with van der Waals surface area (Å²) in [7, 11) is 0. The number of aryl methyl sites for hydroxylation is 1. The molecule has 1 fully saturated rings. The maximum atomic E-state index is 12.9. The summed E-state index contributed by atoms with van der Waals surface area (Å²) < 4.78 is 0. The largest absolute Gasteiger partial charge is 0.481 e. The first kappa shape index (κ1) is 23.7. The maximum absolute atomic E-state index is 12.9. The molecule has 0 aliphatic carbocycles. The number of carbonyl (C=O) groups excluding carboxylic acids is 1. The fourth-order valence-corrected chi connectivity index (χ4v) is 4.96. The van der Waals surface area contributed by atoms with E-state index in [1.807, 2.05) is 37.3 Å². The number of benzene rings is 1. The highest BCUT2D eigenvalue weighted by molar-refractivity contribution is 6.30. The van der Waals surface area contributed by atoms with Crippen LogP contribution >= 0.6 is 23.2 Å². The average molecular weight is 463 g/mol. The van der Waals surface area contributed by atoms with Crippen molar-refractivity contribution in [3.05, 3.63) is 63.9 Å². The van der Waals surface area contributed by atoms with Crippen LogP contribution in [0.4, 0.5) is 0 Å². The molecular weight excluding hydrogens is 435 g/mol. The Hall–Kier alpha value is -1.95. The monoisotopic (exact) mass is 462 g/mol. The highest BCUT2D eigenvalue weighted by Crippen LogP contribution is 2.43. The molecule has 7 heteroatoms. The van der Waals surface area contributed by atoms with Gasteiger partial charge in [-0.25, -0.2) is 0 Å². The molecule has 3 rings (SSSR count). The van der Waals surface area contributed by atoms with Crippen LogP contribution in [-0.4, -0.2) is 34.4 Å². The minimum Gasteiger partial charge on any atom is -0.481 e. The Morgan fingerprint density at radius 3 is 2.61 bits per heavy atom. The molecule has 0 spiro atoms. The van der Waals surface area contributed by atoms with Crippen molar-refractivity contribution in [2.24, 2.45) is 11.3 Å². The lowest BCUT2D eigenvalue weighted by Gasteiger charge is -2.46. The third-order valence-electron chi connectivity index (χ3n) is 6.54. The van der Waals surface area contributed by atoms with Crippen LogP contribution in [-0.2, 0) is 16.0 Å². The number of nitrogens with zero attached hydrogens (tertiary/aromatic N) is 1. The molecule has 0 amide bonds. The van der Waals surface area contributed by atoms with Crippen LogP contribution in [0.2, 0.25) is 10.0 Å². The number of hydrogen-bond donors (Lipinski definition) is 2. The lowest BCUT2D eigenvalue weighted by atomic mass is 9.65. The molecule has 1 aromatic carbocycles. The molecule has 0 saturated carbocycles. The van der Waals surface area contributed by atoms with Gasteiger partial charge in [0.25, 0.3) is 0 Å². The Labute approximate surface area is 193 Å². The number of nitrogens with one attached hydrogen (secondary N) is 1. The fraction of sp³-hybridized carbons (Fsp3) is 0.458. The minimum atomic E-state index is -0.807. The van der Waals surface area contributed by atoms with E-state index in [1.165, 1.54) is 0 Å². The van der Waals surface area contributed by atoms with Gasteiger partial charge in [0, 0.05) is 40.7 Å². The van der Waals surface area contributed by atoms with Crippen LogP contribution in [0, 0.1) is 11.3 Å². The van der Waals surface area contributed by atoms with Crippen LogP contribution in [0.5, 0.6) is 0 Å². The van der Waals surface area contributed by atoms with E-state index in [2.05, 4.69) is 10.3 Å². The van der Waals surface area contributed by atoms with Crippen LogP contribution in [0.25, 0.3) is 0 Å². The highest BCUT2D eigenvalue weighted by atomic mass is 35.5. The van der Waals surface area contributed by atoms with Crippen LogP contribution in [0.3, 0.4) is 0 Å². The van der Waals surface area contributed by atoms with E-state index in [4.69, 9.17) is 23.2 Å². The molecule has 5 nitrogen and oxygen atoms in total. The number of pyridine rings is 1. The molecule has 4 atom stereocenters. The zero-order valence-corrected chi connectivity index (χ0v) is 19.3. The van der Waals surface area contributed by atoms with Gasteiger partial charge in [0.1, 0.15) is 5.78 Å². The summed E-state index contributed by atoms with van der Waals surface area (Å²) in [5.41, 5.74) is 1.26. The standard InChI is InChI=1S/C24H28Cl2N2O3/c1-15(29)24(2,9-8-20-7-6-19(26)14-27-20)23-21(17-4-3-5-18(25)12-17)10-16(13-28-23)11-22(30)31/h3-7,12,14,16,21,23,28H,8-11,13H2,1-2H3,(H,30,31)/t16-,21-,23+,24?/m1/s1. The van der Waals surface area contributed by atoms with Gasteiger partial charge in [0.05, 0.1) is 5.02 Å². The van der Waals surface area contributed by atoms with E-state index in [9.17, 15) is 14.7 Å². The van der Waals surface area contributed by atoms with Crippen molar-refractivity contribution < 1.29 is 14.7 Å². The van der Waals surface area contributed by atoms with E-state index >= 15 is 0 Å². The molecular formula is C24H28Cl2N2O3. The lowest BCUT2D eigenvalue weighted by molar-refractivity contribution is -0.139. The van der Waals surface area contributed by atoms with Crippen molar-refractivity contribution in [2.45, 2.75) is 51.5 Å². The first-order chi connectivity index (χ1) is 14.7. The van der Waals surface area contributed by atoms with Crippen molar-refractivity contribution in [3.63, 3.8) is 0 Å². The first-order valence-corrected chi connectivity index (χ1v) is 11.3. The molecule has 1 unspecified atom stereocenters. The minimum absolute atomic E-state index is 0.00753. The van der Waals surface area contributed by atoms with Crippen molar-refractivity contribution in [1.29, 1.82) is 0 Å². The molecule has 166 valence electrons. The summed E-state index contributed by atoms with van der Waals surface area (Å²) >= 11 is 12.2. The van der Waals surface area contributed by atoms with Crippen LogP contribution in [0.1, 0.15) is 50.3 Å². The summed E-state index contributed by atoms with van der Waals surface area (Å²) in [5, 5.41) is 14.0. The molecule has 2 aromatic rings. The fourth-order valence-electron chi connectivity index (χ4n) is 4.64. The van der Waals surface area contributed by atoms with E-state index in [-0.39, 0.29) is 30.1 Å². The second kappa shape index (κ2) is 10.1. The van der Waals surface area contributed by atoms with E-state index < -0.39 is 11.4 Å². The molecule has 1 aromatic heterocycles. The van der Waals surface area contributed by atoms with Gasteiger partial charge in [-0.15, -0.1) is 0 Å². The number of piperidine rings is 1. The molecule has 31 heavy (non-hydrogen) atoms. The average Bonchev–Trinajstić information content (AvgIpc) is 2.72. The van der Waals surface area contributed by atoms with Gasteiger partial charge in [0.15, 0.2) is 0 Å². The van der Waals surface area contributed by atoms with Crippen molar-refractivity contribution in [1.82, 2.24) is 10.3 Å². The van der Waals surface area contributed by atoms with Gasteiger partial charge in [-0.05, 0) is 68.5 Å². The summed E-state index contributed by atoms with van der Waals surface area (Å²) in [4.78, 5) is 28.6. The normalized spacial score (nSPS) is 23.2. The molecule has 1 saturated heterocycles. The second-order valence-corrected chi connectivity index (χ2v) is 9.56. The third kappa shape index (κ3) is 5.85.